The summed E-state index contributed by atoms with van der Waals surface area (Å²) in [7, 11) is 0. The van der Waals surface area contributed by atoms with Crippen LogP contribution in [0, 0.1) is 12.8 Å². The van der Waals surface area contributed by atoms with Crippen LogP contribution in [0.1, 0.15) is 36.7 Å². The average molecular weight is 279 g/mol. The third kappa shape index (κ3) is 4.51. The monoisotopic (exact) mass is 279 g/mol. The van der Waals surface area contributed by atoms with Crippen LogP contribution in [0.5, 0.6) is 0 Å². The third-order valence-corrected chi connectivity index (χ3v) is 3.27. The van der Waals surface area contributed by atoms with Gasteiger partial charge in [-0.1, -0.05) is 13.8 Å². The molecule has 0 heterocycles. The van der Waals surface area contributed by atoms with E-state index < -0.39 is 0 Å². The van der Waals surface area contributed by atoms with E-state index in [-0.39, 0.29) is 11.9 Å². The maximum Gasteiger partial charge on any atom is 0.251 e. The Bertz CT molecular complexity index is 447. The predicted octanol–water partition coefficient (Wildman–Crippen LogP) is 2.07. The number of carbonyl (C=O) groups excluding carboxylic acids is 1. The number of ether oxygens (including phenoxy) is 1. The summed E-state index contributed by atoms with van der Waals surface area (Å²) >= 11 is 0. The first-order valence-corrected chi connectivity index (χ1v) is 6.95. The van der Waals surface area contributed by atoms with Gasteiger partial charge in [0.2, 0.25) is 0 Å². The largest absolute Gasteiger partial charge is 0.380 e. The average Bonchev–Trinajstić information content (AvgIpc) is 2.42. The van der Waals surface area contributed by atoms with Crippen LogP contribution in [0.3, 0.4) is 0 Å². The van der Waals surface area contributed by atoms with Gasteiger partial charge in [0.25, 0.3) is 5.91 Å². The van der Waals surface area contributed by atoms with Gasteiger partial charge in [0, 0.05) is 12.2 Å². The number of aryl methyl sites for hydroxylation is 1. The van der Waals surface area contributed by atoms with E-state index in [9.17, 15) is 4.79 Å². The Labute approximate surface area is 120 Å². The molecule has 0 aliphatic carbocycles. The zero-order valence-corrected chi connectivity index (χ0v) is 12.7. The van der Waals surface area contributed by atoms with Crippen molar-refractivity contribution in [1.29, 1.82) is 0 Å². The second-order valence-corrected chi connectivity index (χ2v) is 5.16. The molecule has 112 valence electrons. The molecule has 1 aromatic rings. The molecule has 0 aliphatic heterocycles. The van der Waals surface area contributed by atoms with Gasteiger partial charge in [-0.05, 0) is 43.5 Å². The van der Waals surface area contributed by atoms with Crippen molar-refractivity contribution in [1.82, 2.24) is 5.32 Å². The fourth-order valence-electron chi connectivity index (χ4n) is 1.86. The van der Waals surface area contributed by atoms with Crippen LogP contribution in [0.2, 0.25) is 0 Å². The second kappa shape index (κ2) is 7.87. The highest BCUT2D eigenvalue weighted by molar-refractivity contribution is 5.95. The van der Waals surface area contributed by atoms with E-state index in [1.54, 1.807) is 12.1 Å². The zero-order valence-electron chi connectivity index (χ0n) is 12.7. The number of anilines is 1. The molecule has 1 amide bonds. The van der Waals surface area contributed by atoms with Crippen LogP contribution in [-0.2, 0) is 4.74 Å². The molecule has 1 aromatic carbocycles. The molecule has 0 radical (unpaired) electrons. The number of carbonyl (C=O) groups is 1. The molecule has 0 bridgehead atoms. The number of benzene rings is 1. The van der Waals surface area contributed by atoms with Gasteiger partial charge in [0.05, 0.1) is 18.3 Å². The number of nitrogen functional groups attached to an aromatic ring is 1. The zero-order chi connectivity index (χ0) is 15.1. The number of hydrazine groups is 1. The summed E-state index contributed by atoms with van der Waals surface area (Å²) < 4.78 is 5.41. The lowest BCUT2D eigenvalue weighted by Gasteiger charge is -2.22. The molecular formula is C15H25N3O2. The fourth-order valence-corrected chi connectivity index (χ4v) is 1.86. The van der Waals surface area contributed by atoms with Crippen molar-refractivity contribution in [3.63, 3.8) is 0 Å². The van der Waals surface area contributed by atoms with Crippen molar-refractivity contribution in [2.24, 2.45) is 11.8 Å². The normalized spacial score (nSPS) is 12.3. The minimum atomic E-state index is -0.0879. The van der Waals surface area contributed by atoms with Gasteiger partial charge in [0.15, 0.2) is 0 Å². The van der Waals surface area contributed by atoms with Crippen LogP contribution >= 0.6 is 0 Å². The molecule has 5 nitrogen and oxygen atoms in total. The SMILES string of the molecule is CCOCC(NC(=O)c1ccc(NN)c(C)c1)C(C)C. The van der Waals surface area contributed by atoms with E-state index in [4.69, 9.17) is 10.6 Å². The summed E-state index contributed by atoms with van der Waals surface area (Å²) in [5, 5.41) is 3.02. The Hall–Kier alpha value is -1.59. The lowest BCUT2D eigenvalue weighted by Crippen LogP contribution is -2.41. The number of nitrogens with one attached hydrogen (secondary N) is 2. The molecule has 0 aliphatic rings. The first-order chi connectivity index (χ1) is 9.49. The van der Waals surface area contributed by atoms with Gasteiger partial charge in [0.1, 0.15) is 0 Å². The van der Waals surface area contributed by atoms with E-state index >= 15 is 0 Å². The summed E-state index contributed by atoms with van der Waals surface area (Å²) in [6.07, 6.45) is 0. The quantitative estimate of drug-likeness (QED) is 0.527. The van der Waals surface area contributed by atoms with Crippen LogP contribution in [0.15, 0.2) is 18.2 Å². The van der Waals surface area contributed by atoms with Gasteiger partial charge in [-0.3, -0.25) is 10.6 Å². The van der Waals surface area contributed by atoms with Gasteiger partial charge in [-0.2, -0.15) is 0 Å². The molecule has 20 heavy (non-hydrogen) atoms. The molecule has 0 fully saturated rings. The van der Waals surface area contributed by atoms with Gasteiger partial charge >= 0.3 is 0 Å². The van der Waals surface area contributed by atoms with E-state index in [0.29, 0.717) is 24.7 Å². The highest BCUT2D eigenvalue weighted by Gasteiger charge is 2.17. The minimum absolute atomic E-state index is 0.00932. The van der Waals surface area contributed by atoms with E-state index in [2.05, 4.69) is 24.6 Å². The third-order valence-electron chi connectivity index (χ3n) is 3.27. The maximum absolute atomic E-state index is 12.3. The lowest BCUT2D eigenvalue weighted by atomic mass is 10.0. The number of amides is 1. The Morgan fingerprint density at radius 2 is 2.10 bits per heavy atom. The fraction of sp³-hybridized carbons (Fsp3) is 0.533. The molecule has 0 saturated carbocycles. The highest BCUT2D eigenvalue weighted by atomic mass is 16.5. The number of nitrogens with two attached hydrogens (primary N) is 1. The highest BCUT2D eigenvalue weighted by Crippen LogP contribution is 2.15. The molecule has 1 unspecified atom stereocenters. The standard InChI is InChI=1S/C15H25N3O2/c1-5-20-9-14(10(2)3)17-15(19)12-6-7-13(18-16)11(4)8-12/h6-8,10,14,18H,5,9,16H2,1-4H3,(H,17,19). The van der Waals surface area contributed by atoms with Crippen molar-refractivity contribution < 1.29 is 9.53 Å². The van der Waals surface area contributed by atoms with Crippen LogP contribution in [0.25, 0.3) is 0 Å². The number of hydrogen-bond acceptors (Lipinski definition) is 4. The lowest BCUT2D eigenvalue weighted by molar-refractivity contribution is 0.0806. The topological polar surface area (TPSA) is 76.4 Å². The predicted molar refractivity (Wildman–Crippen MR) is 81.6 cm³/mol. The van der Waals surface area contributed by atoms with Crippen LogP contribution in [-0.4, -0.2) is 25.2 Å². The van der Waals surface area contributed by atoms with E-state index in [1.165, 1.54) is 0 Å². The van der Waals surface area contributed by atoms with Crippen molar-refractivity contribution in [2.75, 3.05) is 18.6 Å². The summed E-state index contributed by atoms with van der Waals surface area (Å²) in [5.74, 6) is 5.61. The first-order valence-electron chi connectivity index (χ1n) is 6.95. The van der Waals surface area contributed by atoms with Crippen LogP contribution < -0.4 is 16.6 Å². The number of rotatable bonds is 7. The molecule has 1 rings (SSSR count). The molecule has 0 aromatic heterocycles. The molecule has 0 saturated heterocycles. The molecule has 1 atom stereocenters. The van der Waals surface area contributed by atoms with Gasteiger partial charge < -0.3 is 15.5 Å². The van der Waals surface area contributed by atoms with Crippen molar-refractivity contribution in [2.45, 2.75) is 33.7 Å². The molecule has 4 N–H and O–H groups in total. The number of hydrogen-bond donors (Lipinski definition) is 3. The van der Waals surface area contributed by atoms with Crippen molar-refractivity contribution in [3.8, 4) is 0 Å². The Morgan fingerprint density at radius 1 is 1.40 bits per heavy atom. The maximum atomic E-state index is 12.3. The summed E-state index contributed by atoms with van der Waals surface area (Å²) in [5.41, 5.74) is 4.98. The second-order valence-electron chi connectivity index (χ2n) is 5.16. The summed E-state index contributed by atoms with van der Waals surface area (Å²) in [4.78, 5) is 12.3. The summed E-state index contributed by atoms with van der Waals surface area (Å²) in [6.45, 7) is 9.16. The molecule has 5 heteroatoms. The van der Waals surface area contributed by atoms with Crippen molar-refractivity contribution in [3.05, 3.63) is 29.3 Å². The Morgan fingerprint density at radius 3 is 2.60 bits per heavy atom. The van der Waals surface area contributed by atoms with Gasteiger partial charge in [-0.15, -0.1) is 0 Å². The Kier molecular flexibility index (Phi) is 6.48. The minimum Gasteiger partial charge on any atom is -0.380 e. The van der Waals surface area contributed by atoms with Crippen molar-refractivity contribution >= 4 is 11.6 Å². The van der Waals surface area contributed by atoms with E-state index in [0.717, 1.165) is 11.3 Å². The van der Waals surface area contributed by atoms with E-state index in [1.807, 2.05) is 19.9 Å². The van der Waals surface area contributed by atoms with Gasteiger partial charge in [-0.25, -0.2) is 0 Å². The summed E-state index contributed by atoms with van der Waals surface area (Å²) in [6, 6.07) is 5.39. The Balaban J connectivity index is 2.75. The first kappa shape index (κ1) is 16.5. The molecule has 0 spiro atoms. The smallest absolute Gasteiger partial charge is 0.251 e. The van der Waals surface area contributed by atoms with Crippen LogP contribution in [0.4, 0.5) is 5.69 Å². The molecular weight excluding hydrogens is 254 g/mol.